The quantitative estimate of drug-likeness (QED) is 0.733. The zero-order valence-electron chi connectivity index (χ0n) is 15.4. The van der Waals surface area contributed by atoms with Crippen LogP contribution in [-0.2, 0) is 16.9 Å². The Morgan fingerprint density at radius 2 is 1.79 bits per heavy atom. The SMILES string of the molecule is CCC1(c2ccc(OC)cc2)NC(=O)N(Cc2ccccc2OC(F)F)C1=O. The van der Waals surface area contributed by atoms with Crippen LogP contribution in [0.1, 0.15) is 24.5 Å². The average molecular weight is 390 g/mol. The molecule has 1 atom stereocenters. The van der Waals surface area contributed by atoms with Crippen molar-refractivity contribution in [3.05, 3.63) is 59.7 Å². The van der Waals surface area contributed by atoms with Crippen LogP contribution in [0.15, 0.2) is 48.5 Å². The number of imide groups is 1. The van der Waals surface area contributed by atoms with E-state index < -0.39 is 24.1 Å². The first kappa shape index (κ1) is 19.6. The Bertz CT molecular complexity index is 873. The van der Waals surface area contributed by atoms with Crippen molar-refractivity contribution in [2.75, 3.05) is 7.11 Å². The predicted octanol–water partition coefficient (Wildman–Crippen LogP) is 3.65. The maximum absolute atomic E-state index is 13.2. The fourth-order valence-electron chi connectivity index (χ4n) is 3.30. The molecular weight excluding hydrogens is 370 g/mol. The molecule has 0 aliphatic carbocycles. The van der Waals surface area contributed by atoms with Gasteiger partial charge in [-0.05, 0) is 30.2 Å². The van der Waals surface area contributed by atoms with Crippen LogP contribution in [0.2, 0.25) is 0 Å². The average Bonchev–Trinajstić information content (AvgIpc) is 2.94. The summed E-state index contributed by atoms with van der Waals surface area (Å²) in [6, 6.07) is 12.4. The van der Waals surface area contributed by atoms with Crippen molar-refractivity contribution in [2.24, 2.45) is 0 Å². The Labute approximate surface area is 161 Å². The van der Waals surface area contributed by atoms with Gasteiger partial charge in [0.2, 0.25) is 0 Å². The molecule has 0 radical (unpaired) electrons. The van der Waals surface area contributed by atoms with Crippen LogP contribution in [0.3, 0.4) is 0 Å². The molecule has 1 aliphatic rings. The molecule has 0 saturated carbocycles. The fraction of sp³-hybridized carbons (Fsp3) is 0.300. The van der Waals surface area contributed by atoms with E-state index in [1.807, 2.05) is 0 Å². The van der Waals surface area contributed by atoms with Gasteiger partial charge in [-0.25, -0.2) is 4.79 Å². The highest BCUT2D eigenvalue weighted by molar-refractivity contribution is 6.07. The summed E-state index contributed by atoms with van der Waals surface area (Å²) in [4.78, 5) is 26.8. The molecule has 28 heavy (non-hydrogen) atoms. The van der Waals surface area contributed by atoms with Crippen LogP contribution in [0.25, 0.3) is 0 Å². The number of carbonyl (C=O) groups is 2. The van der Waals surface area contributed by atoms with Crippen LogP contribution in [0, 0.1) is 0 Å². The molecule has 1 fully saturated rings. The molecule has 2 aromatic carbocycles. The lowest BCUT2D eigenvalue weighted by atomic mass is 9.87. The van der Waals surface area contributed by atoms with E-state index in [1.165, 1.54) is 19.2 Å². The lowest BCUT2D eigenvalue weighted by Crippen LogP contribution is -2.43. The molecule has 3 amide bonds. The zero-order valence-corrected chi connectivity index (χ0v) is 15.4. The second-order valence-electron chi connectivity index (χ2n) is 6.30. The lowest BCUT2D eigenvalue weighted by molar-refractivity contribution is -0.132. The van der Waals surface area contributed by atoms with Gasteiger partial charge in [0.1, 0.15) is 17.0 Å². The second kappa shape index (κ2) is 7.84. The molecular formula is C20H20F2N2O4. The number of rotatable bonds is 7. The third-order valence-corrected chi connectivity index (χ3v) is 4.81. The molecule has 6 nitrogen and oxygen atoms in total. The molecule has 1 aliphatic heterocycles. The van der Waals surface area contributed by atoms with Crippen LogP contribution < -0.4 is 14.8 Å². The van der Waals surface area contributed by atoms with Crippen LogP contribution >= 0.6 is 0 Å². The number of ether oxygens (including phenoxy) is 2. The van der Waals surface area contributed by atoms with Crippen molar-refractivity contribution in [3.63, 3.8) is 0 Å². The largest absolute Gasteiger partial charge is 0.497 e. The molecule has 0 bridgehead atoms. The topological polar surface area (TPSA) is 67.9 Å². The maximum Gasteiger partial charge on any atom is 0.387 e. The molecule has 3 rings (SSSR count). The fourth-order valence-corrected chi connectivity index (χ4v) is 3.30. The molecule has 2 aromatic rings. The van der Waals surface area contributed by atoms with Gasteiger partial charge < -0.3 is 14.8 Å². The molecule has 1 heterocycles. The van der Waals surface area contributed by atoms with E-state index in [2.05, 4.69) is 10.1 Å². The van der Waals surface area contributed by atoms with Gasteiger partial charge in [0.05, 0.1) is 13.7 Å². The zero-order chi connectivity index (χ0) is 20.3. The minimum Gasteiger partial charge on any atom is -0.497 e. The summed E-state index contributed by atoms with van der Waals surface area (Å²) < 4.78 is 34.9. The van der Waals surface area contributed by atoms with Gasteiger partial charge in [0, 0.05) is 5.56 Å². The van der Waals surface area contributed by atoms with Gasteiger partial charge in [-0.15, -0.1) is 0 Å². The number of hydrogen-bond acceptors (Lipinski definition) is 4. The summed E-state index contributed by atoms with van der Waals surface area (Å²) in [5, 5.41) is 2.76. The number of amides is 3. The van der Waals surface area contributed by atoms with Crippen LogP contribution in [-0.4, -0.2) is 30.6 Å². The van der Waals surface area contributed by atoms with Gasteiger partial charge in [0.15, 0.2) is 0 Å². The Kier molecular flexibility index (Phi) is 5.48. The number of nitrogens with zero attached hydrogens (tertiary/aromatic N) is 1. The Hall–Kier alpha value is -3.16. The number of carbonyl (C=O) groups excluding carboxylic acids is 2. The summed E-state index contributed by atoms with van der Waals surface area (Å²) in [5.41, 5.74) is -0.288. The highest BCUT2D eigenvalue weighted by Gasteiger charge is 2.51. The van der Waals surface area contributed by atoms with Gasteiger partial charge >= 0.3 is 12.6 Å². The van der Waals surface area contributed by atoms with Gasteiger partial charge in [0.25, 0.3) is 5.91 Å². The van der Waals surface area contributed by atoms with Gasteiger partial charge in [-0.1, -0.05) is 37.3 Å². The molecule has 0 aromatic heterocycles. The molecule has 1 saturated heterocycles. The number of alkyl halides is 2. The summed E-state index contributed by atoms with van der Waals surface area (Å²) >= 11 is 0. The standard InChI is InChI=1S/C20H20F2N2O4/c1-3-20(14-8-10-15(27-2)11-9-14)17(25)24(19(26)23-20)12-13-6-4-5-7-16(13)28-18(21)22/h4-11,18H,3,12H2,1-2H3,(H,23,26). The minimum absolute atomic E-state index is 0.0726. The monoisotopic (exact) mass is 390 g/mol. The van der Waals surface area contributed by atoms with Crippen LogP contribution in [0.5, 0.6) is 11.5 Å². The molecule has 0 spiro atoms. The number of halogens is 2. The first-order valence-electron chi connectivity index (χ1n) is 8.72. The molecule has 8 heteroatoms. The van der Waals surface area contributed by atoms with E-state index in [0.29, 0.717) is 23.3 Å². The number of nitrogens with one attached hydrogen (secondary N) is 1. The summed E-state index contributed by atoms with van der Waals surface area (Å²) in [6.45, 7) is -1.39. The summed E-state index contributed by atoms with van der Waals surface area (Å²) in [7, 11) is 1.54. The summed E-state index contributed by atoms with van der Waals surface area (Å²) in [5.74, 6) is 0.107. The Morgan fingerprint density at radius 1 is 1.11 bits per heavy atom. The number of para-hydroxylation sites is 1. The lowest BCUT2D eigenvalue weighted by Gasteiger charge is -2.26. The maximum atomic E-state index is 13.2. The third kappa shape index (κ3) is 3.49. The molecule has 148 valence electrons. The van der Waals surface area contributed by atoms with E-state index in [0.717, 1.165) is 4.90 Å². The van der Waals surface area contributed by atoms with Crippen molar-refractivity contribution < 1.29 is 27.8 Å². The minimum atomic E-state index is -3.00. The van der Waals surface area contributed by atoms with E-state index in [9.17, 15) is 18.4 Å². The molecule has 1 unspecified atom stereocenters. The highest BCUT2D eigenvalue weighted by Crippen LogP contribution is 2.35. The smallest absolute Gasteiger partial charge is 0.387 e. The van der Waals surface area contributed by atoms with Crippen molar-refractivity contribution in [1.29, 1.82) is 0 Å². The normalized spacial score (nSPS) is 19.1. The number of methoxy groups -OCH3 is 1. The van der Waals surface area contributed by atoms with Crippen molar-refractivity contribution in [3.8, 4) is 11.5 Å². The number of urea groups is 1. The van der Waals surface area contributed by atoms with Crippen LogP contribution in [0.4, 0.5) is 13.6 Å². The molecule has 1 N–H and O–H groups in total. The predicted molar refractivity (Wildman–Crippen MR) is 97.1 cm³/mol. The first-order chi connectivity index (χ1) is 13.4. The van der Waals surface area contributed by atoms with E-state index >= 15 is 0 Å². The van der Waals surface area contributed by atoms with E-state index in [-0.39, 0.29) is 12.3 Å². The van der Waals surface area contributed by atoms with Crippen molar-refractivity contribution in [1.82, 2.24) is 10.2 Å². The number of hydrogen-bond donors (Lipinski definition) is 1. The van der Waals surface area contributed by atoms with E-state index in [4.69, 9.17) is 4.74 Å². The van der Waals surface area contributed by atoms with Gasteiger partial charge in [-0.2, -0.15) is 8.78 Å². The van der Waals surface area contributed by atoms with Crippen molar-refractivity contribution >= 4 is 11.9 Å². The Balaban J connectivity index is 1.90. The highest BCUT2D eigenvalue weighted by atomic mass is 19.3. The summed E-state index contributed by atoms with van der Waals surface area (Å²) in [6.07, 6.45) is 0.329. The number of benzene rings is 2. The van der Waals surface area contributed by atoms with Crippen molar-refractivity contribution in [2.45, 2.75) is 32.0 Å². The third-order valence-electron chi connectivity index (χ3n) is 4.81. The van der Waals surface area contributed by atoms with Gasteiger partial charge in [-0.3, -0.25) is 9.69 Å². The van der Waals surface area contributed by atoms with E-state index in [1.54, 1.807) is 43.3 Å². The first-order valence-corrected chi connectivity index (χ1v) is 8.72. The second-order valence-corrected chi connectivity index (χ2v) is 6.30. The Morgan fingerprint density at radius 3 is 2.39 bits per heavy atom.